The molecular formula is C21H22O10. The molecule has 0 aliphatic carbocycles. The molecule has 2 aromatic rings. The number of ketones is 1. The van der Waals surface area contributed by atoms with Crippen LogP contribution < -0.4 is 4.74 Å². The summed E-state index contributed by atoms with van der Waals surface area (Å²) in [5.41, 5.74) is 0.195. The summed E-state index contributed by atoms with van der Waals surface area (Å²) >= 11 is 0. The van der Waals surface area contributed by atoms with Gasteiger partial charge in [0.15, 0.2) is 18.5 Å². The van der Waals surface area contributed by atoms with Crippen molar-refractivity contribution in [3.8, 4) is 23.0 Å². The molecule has 10 nitrogen and oxygen atoms in total. The fourth-order valence-electron chi connectivity index (χ4n) is 3.72. The maximum atomic E-state index is 13.3. The van der Waals surface area contributed by atoms with Gasteiger partial charge in [-0.3, -0.25) is 4.79 Å². The number of carbonyl (C=O) groups excluding carboxylic acids is 1. The van der Waals surface area contributed by atoms with Crippen molar-refractivity contribution in [2.75, 3.05) is 0 Å². The van der Waals surface area contributed by atoms with E-state index in [1.807, 2.05) is 0 Å². The van der Waals surface area contributed by atoms with Gasteiger partial charge in [-0.15, -0.1) is 0 Å². The molecule has 0 amide bonds. The van der Waals surface area contributed by atoms with E-state index in [4.69, 9.17) is 14.2 Å². The molecule has 4 rings (SSSR count). The Morgan fingerprint density at radius 2 is 1.58 bits per heavy atom. The van der Waals surface area contributed by atoms with Gasteiger partial charge < -0.3 is 44.8 Å². The number of phenolic OH excluding ortho intramolecular Hbond substituents is 3. The molecule has 7 atom stereocenters. The van der Waals surface area contributed by atoms with Gasteiger partial charge >= 0.3 is 0 Å². The lowest BCUT2D eigenvalue weighted by atomic mass is 9.92. The summed E-state index contributed by atoms with van der Waals surface area (Å²) in [6.07, 6.45) is -9.49. The number of aliphatic hydroxyl groups excluding tert-OH is 3. The van der Waals surface area contributed by atoms with Gasteiger partial charge in [0.05, 0.1) is 6.10 Å². The maximum Gasteiger partial charge on any atom is 0.203 e. The van der Waals surface area contributed by atoms with Crippen LogP contribution in [0, 0.1) is 0 Å². The van der Waals surface area contributed by atoms with Gasteiger partial charge in [-0.1, -0.05) is 12.1 Å². The monoisotopic (exact) mass is 434 g/mol. The van der Waals surface area contributed by atoms with Gasteiger partial charge in [0.25, 0.3) is 0 Å². The number of carbonyl (C=O) groups is 1. The third kappa shape index (κ3) is 3.80. The lowest BCUT2D eigenvalue weighted by molar-refractivity contribution is -0.304. The zero-order valence-corrected chi connectivity index (χ0v) is 16.3. The van der Waals surface area contributed by atoms with Gasteiger partial charge in [0.2, 0.25) is 5.78 Å². The molecule has 31 heavy (non-hydrogen) atoms. The molecule has 1 saturated heterocycles. The summed E-state index contributed by atoms with van der Waals surface area (Å²) in [4.78, 5) is 13.3. The molecule has 0 aromatic heterocycles. The first-order valence-corrected chi connectivity index (χ1v) is 9.58. The molecular weight excluding hydrogens is 412 g/mol. The van der Waals surface area contributed by atoms with Crippen LogP contribution in [0.1, 0.15) is 28.9 Å². The highest BCUT2D eigenvalue weighted by molar-refractivity contribution is 6.05. The summed E-state index contributed by atoms with van der Waals surface area (Å²) in [7, 11) is 0. The van der Waals surface area contributed by atoms with Crippen molar-refractivity contribution < 1.29 is 49.6 Å². The highest BCUT2D eigenvalue weighted by Gasteiger charge is 2.48. The maximum absolute atomic E-state index is 13.3. The first-order valence-electron chi connectivity index (χ1n) is 9.58. The first-order chi connectivity index (χ1) is 14.7. The van der Waals surface area contributed by atoms with Crippen LogP contribution in [0.3, 0.4) is 0 Å². The van der Waals surface area contributed by atoms with Crippen molar-refractivity contribution in [3.63, 3.8) is 0 Å². The summed E-state index contributed by atoms with van der Waals surface area (Å²) in [5.74, 6) is -1.64. The SMILES string of the molecule is C[C@H]1O[C@H](O[C@H]2C(=O)c3c(O)cc(O)cc3O[C@@H]2c2ccc(O)cc2)[C@@H](O)[C@@H](O)[C@@H]1O. The molecule has 0 unspecified atom stereocenters. The van der Waals surface area contributed by atoms with E-state index in [0.717, 1.165) is 6.07 Å². The van der Waals surface area contributed by atoms with Crippen LogP contribution >= 0.6 is 0 Å². The molecule has 0 radical (unpaired) electrons. The second kappa shape index (κ2) is 7.98. The number of benzene rings is 2. The van der Waals surface area contributed by atoms with E-state index in [1.165, 1.54) is 37.3 Å². The lowest BCUT2D eigenvalue weighted by Gasteiger charge is -2.42. The Morgan fingerprint density at radius 1 is 0.903 bits per heavy atom. The van der Waals surface area contributed by atoms with Gasteiger partial charge in [-0.05, 0) is 24.6 Å². The second-order valence-electron chi connectivity index (χ2n) is 7.57. The third-order valence-electron chi connectivity index (χ3n) is 5.41. The number of aromatic hydroxyl groups is 3. The minimum absolute atomic E-state index is 0.0176. The van der Waals surface area contributed by atoms with Gasteiger partial charge in [0, 0.05) is 12.1 Å². The molecule has 2 heterocycles. The number of hydrogen-bond donors (Lipinski definition) is 6. The van der Waals surface area contributed by atoms with Crippen molar-refractivity contribution in [1.29, 1.82) is 0 Å². The minimum Gasteiger partial charge on any atom is -0.508 e. The number of hydrogen-bond acceptors (Lipinski definition) is 10. The molecule has 166 valence electrons. The Kier molecular flexibility index (Phi) is 5.50. The topological polar surface area (TPSA) is 166 Å². The van der Waals surface area contributed by atoms with E-state index in [0.29, 0.717) is 5.56 Å². The zero-order valence-electron chi connectivity index (χ0n) is 16.3. The second-order valence-corrected chi connectivity index (χ2v) is 7.57. The predicted molar refractivity (Wildman–Crippen MR) is 103 cm³/mol. The average molecular weight is 434 g/mol. The van der Waals surface area contributed by atoms with Crippen LogP contribution in [0.4, 0.5) is 0 Å². The van der Waals surface area contributed by atoms with Crippen molar-refractivity contribution in [1.82, 2.24) is 0 Å². The number of fused-ring (bicyclic) bond motifs is 1. The van der Waals surface area contributed by atoms with Crippen molar-refractivity contribution in [3.05, 3.63) is 47.5 Å². The number of Topliss-reactive ketones (excluding diaryl/α,β-unsaturated/α-hetero) is 1. The highest BCUT2D eigenvalue weighted by Crippen LogP contribution is 2.43. The first kappa shape index (κ1) is 21.3. The Hall–Kier alpha value is -2.89. The van der Waals surface area contributed by atoms with E-state index in [2.05, 4.69) is 0 Å². The molecule has 0 saturated carbocycles. The Balaban J connectivity index is 1.73. The Labute approximate surface area is 176 Å². The smallest absolute Gasteiger partial charge is 0.203 e. The molecule has 2 aromatic carbocycles. The fourth-order valence-corrected chi connectivity index (χ4v) is 3.72. The standard InChI is InChI=1S/C21H22O10/c1-8-15(25)17(27)18(28)21(29-8)31-20-16(26)14-12(24)6-11(23)7-13(14)30-19(20)9-2-4-10(22)5-3-9/h2-8,15,17-25,27-28H,1H3/t8-,15-,17+,18+,19-,20+,21-/m1/s1. The van der Waals surface area contributed by atoms with Crippen molar-refractivity contribution >= 4 is 5.78 Å². The molecule has 1 fully saturated rings. The molecule has 6 N–H and O–H groups in total. The quantitative estimate of drug-likeness (QED) is 0.396. The predicted octanol–water partition coefficient (Wildman–Crippen LogP) is 0.332. The summed E-state index contributed by atoms with van der Waals surface area (Å²) in [6, 6.07) is 7.90. The molecule has 0 bridgehead atoms. The molecule has 2 aliphatic rings. The van der Waals surface area contributed by atoms with Gasteiger partial charge in [0.1, 0.15) is 46.9 Å². The Morgan fingerprint density at radius 3 is 2.26 bits per heavy atom. The van der Waals surface area contributed by atoms with E-state index in [1.54, 1.807) is 0 Å². The normalized spacial score (nSPS) is 32.9. The highest BCUT2D eigenvalue weighted by atomic mass is 16.7. The number of aliphatic hydroxyl groups is 3. The number of rotatable bonds is 3. The molecule has 10 heteroatoms. The van der Waals surface area contributed by atoms with Crippen molar-refractivity contribution in [2.24, 2.45) is 0 Å². The lowest BCUT2D eigenvalue weighted by Crippen LogP contribution is -2.59. The van der Waals surface area contributed by atoms with E-state index >= 15 is 0 Å². The van der Waals surface area contributed by atoms with Crippen LogP contribution in [0.2, 0.25) is 0 Å². The van der Waals surface area contributed by atoms with Crippen LogP contribution in [0.25, 0.3) is 0 Å². The average Bonchev–Trinajstić information content (AvgIpc) is 2.72. The van der Waals surface area contributed by atoms with Gasteiger partial charge in [-0.2, -0.15) is 0 Å². The van der Waals surface area contributed by atoms with Gasteiger partial charge in [-0.25, -0.2) is 0 Å². The molecule has 2 aliphatic heterocycles. The molecule has 0 spiro atoms. The largest absolute Gasteiger partial charge is 0.508 e. The van der Waals surface area contributed by atoms with Crippen LogP contribution in [-0.4, -0.2) is 73.2 Å². The zero-order chi connectivity index (χ0) is 22.4. The van der Waals surface area contributed by atoms with Crippen LogP contribution in [0.15, 0.2) is 36.4 Å². The van der Waals surface area contributed by atoms with Crippen LogP contribution in [0.5, 0.6) is 23.0 Å². The summed E-state index contributed by atoms with van der Waals surface area (Å²) in [6.45, 7) is 1.47. The minimum atomic E-state index is -1.66. The van der Waals surface area contributed by atoms with E-state index in [-0.39, 0.29) is 22.8 Å². The van der Waals surface area contributed by atoms with E-state index < -0.39 is 54.4 Å². The van der Waals surface area contributed by atoms with E-state index in [9.17, 15) is 35.4 Å². The number of phenols is 3. The number of ether oxygens (including phenoxy) is 3. The van der Waals surface area contributed by atoms with Crippen LogP contribution in [-0.2, 0) is 9.47 Å². The van der Waals surface area contributed by atoms with Crippen molar-refractivity contribution in [2.45, 2.75) is 49.8 Å². The Bertz CT molecular complexity index is 975. The summed E-state index contributed by atoms with van der Waals surface area (Å²) < 4.78 is 17.0. The third-order valence-corrected chi connectivity index (χ3v) is 5.41. The fraction of sp³-hybridized carbons (Fsp3) is 0.381. The summed E-state index contributed by atoms with van der Waals surface area (Å²) in [5, 5.41) is 59.8.